The molecule has 0 fully saturated rings. The van der Waals surface area contributed by atoms with Crippen LogP contribution in [0.1, 0.15) is 0 Å². The molecule has 0 aliphatic carbocycles. The van der Waals surface area contributed by atoms with Crippen LogP contribution < -0.4 is 0 Å². The molecular formula is C53H33N3O. The van der Waals surface area contributed by atoms with E-state index in [0.29, 0.717) is 17.5 Å². The summed E-state index contributed by atoms with van der Waals surface area (Å²) in [5.74, 6) is 1.81. The van der Waals surface area contributed by atoms with E-state index in [-0.39, 0.29) is 0 Å². The van der Waals surface area contributed by atoms with Crippen LogP contribution in [-0.2, 0) is 0 Å². The van der Waals surface area contributed by atoms with Gasteiger partial charge in [-0.3, -0.25) is 0 Å². The van der Waals surface area contributed by atoms with Crippen LogP contribution in [0.4, 0.5) is 0 Å². The second-order valence-corrected chi connectivity index (χ2v) is 14.4. The van der Waals surface area contributed by atoms with Crippen molar-refractivity contribution in [2.75, 3.05) is 0 Å². The predicted molar refractivity (Wildman–Crippen MR) is 235 cm³/mol. The number of hydrogen-bond donors (Lipinski definition) is 0. The minimum Gasteiger partial charge on any atom is -0.455 e. The molecule has 4 nitrogen and oxygen atoms in total. The van der Waals surface area contributed by atoms with Crippen LogP contribution in [0.2, 0.25) is 0 Å². The number of benzene rings is 9. The van der Waals surface area contributed by atoms with E-state index in [1.54, 1.807) is 0 Å². The molecule has 0 amide bonds. The molecule has 11 aromatic rings. The standard InChI is InChI=1S/C53H33N3O/c1-3-12-34(13-4-1)36-22-24-37(25-23-36)38-26-29-40(30-27-38)51-54-52(42-31-28-35-14-7-8-17-41(35)32-42)56-53(55-51)47-33-48-49(45-19-10-9-18-44(45)47)46-21-11-20-43(50(46)57-48)39-15-5-2-6-16-39/h1-33H. The SMILES string of the molecule is c1ccc(-c2ccc(-c3ccc(-c4nc(-c5ccc6ccccc6c5)nc(-c5cc6oc7c(-c8ccccc8)cccc7c6c6ccccc56)n4)cc3)cc2)cc1. The normalized spacial score (nSPS) is 11.5. The van der Waals surface area contributed by atoms with Gasteiger partial charge in [-0.05, 0) is 61.5 Å². The van der Waals surface area contributed by atoms with E-state index in [9.17, 15) is 0 Å². The third-order valence-electron chi connectivity index (χ3n) is 10.9. The Kier molecular flexibility index (Phi) is 7.78. The number of rotatable bonds is 6. The summed E-state index contributed by atoms with van der Waals surface area (Å²) in [4.78, 5) is 15.6. The van der Waals surface area contributed by atoms with E-state index in [4.69, 9.17) is 19.4 Å². The summed E-state index contributed by atoms with van der Waals surface area (Å²) in [5, 5.41) is 6.60. The highest BCUT2D eigenvalue weighted by Gasteiger charge is 2.20. The molecule has 0 radical (unpaired) electrons. The summed E-state index contributed by atoms with van der Waals surface area (Å²) < 4.78 is 6.80. The Morgan fingerprint density at radius 2 is 0.807 bits per heavy atom. The van der Waals surface area contributed by atoms with Crippen LogP contribution in [0, 0.1) is 0 Å². The van der Waals surface area contributed by atoms with Gasteiger partial charge in [-0.2, -0.15) is 0 Å². The lowest BCUT2D eigenvalue weighted by molar-refractivity contribution is 0.670. The average molecular weight is 728 g/mol. The van der Waals surface area contributed by atoms with E-state index in [1.807, 2.05) is 12.1 Å². The molecule has 0 aliphatic rings. The third kappa shape index (κ3) is 5.83. The first-order chi connectivity index (χ1) is 28.2. The maximum atomic E-state index is 6.80. The molecule has 57 heavy (non-hydrogen) atoms. The van der Waals surface area contributed by atoms with E-state index >= 15 is 0 Å². The zero-order valence-electron chi connectivity index (χ0n) is 30.8. The number of fused-ring (bicyclic) bond motifs is 6. The molecule has 0 N–H and O–H groups in total. The monoisotopic (exact) mass is 727 g/mol. The van der Waals surface area contributed by atoms with Crippen LogP contribution in [0.5, 0.6) is 0 Å². The van der Waals surface area contributed by atoms with Gasteiger partial charge in [-0.25, -0.2) is 15.0 Å². The molecule has 9 aromatic carbocycles. The van der Waals surface area contributed by atoms with Gasteiger partial charge in [0.1, 0.15) is 11.2 Å². The van der Waals surface area contributed by atoms with Crippen molar-refractivity contribution in [1.82, 2.24) is 15.0 Å². The molecular weight excluding hydrogens is 695 g/mol. The number of hydrogen-bond acceptors (Lipinski definition) is 4. The number of furan rings is 1. The highest BCUT2D eigenvalue weighted by atomic mass is 16.3. The summed E-state index contributed by atoms with van der Waals surface area (Å²) in [7, 11) is 0. The van der Waals surface area contributed by atoms with Crippen LogP contribution >= 0.6 is 0 Å². The zero-order valence-corrected chi connectivity index (χ0v) is 30.8. The van der Waals surface area contributed by atoms with E-state index < -0.39 is 0 Å². The molecule has 11 rings (SSSR count). The van der Waals surface area contributed by atoms with Gasteiger partial charge in [0.05, 0.1) is 0 Å². The minimum atomic E-state index is 0.588. The van der Waals surface area contributed by atoms with Crippen molar-refractivity contribution < 1.29 is 4.42 Å². The van der Waals surface area contributed by atoms with Gasteiger partial charge in [0.2, 0.25) is 0 Å². The minimum absolute atomic E-state index is 0.588. The van der Waals surface area contributed by atoms with Crippen LogP contribution in [0.3, 0.4) is 0 Å². The van der Waals surface area contributed by atoms with Gasteiger partial charge < -0.3 is 4.42 Å². The smallest absolute Gasteiger partial charge is 0.164 e. The molecule has 0 saturated heterocycles. The summed E-state index contributed by atoms with van der Waals surface area (Å²) in [6, 6.07) is 69.8. The van der Waals surface area contributed by atoms with Crippen molar-refractivity contribution in [1.29, 1.82) is 0 Å². The van der Waals surface area contributed by atoms with Crippen LogP contribution in [-0.4, -0.2) is 15.0 Å². The van der Waals surface area contributed by atoms with E-state index in [2.05, 4.69) is 188 Å². The van der Waals surface area contributed by atoms with Gasteiger partial charge in [0.15, 0.2) is 17.5 Å². The first-order valence-corrected chi connectivity index (χ1v) is 19.2. The number of nitrogens with zero attached hydrogens (tertiary/aromatic N) is 3. The Hall–Kier alpha value is -7.69. The molecule has 2 aromatic heterocycles. The van der Waals surface area contributed by atoms with Crippen molar-refractivity contribution in [3.05, 3.63) is 200 Å². The molecule has 2 heterocycles. The van der Waals surface area contributed by atoms with Gasteiger partial charge in [0.25, 0.3) is 0 Å². The molecule has 266 valence electrons. The first kappa shape index (κ1) is 32.7. The van der Waals surface area contributed by atoms with E-state index in [1.165, 1.54) is 16.5 Å². The Morgan fingerprint density at radius 3 is 1.51 bits per heavy atom. The lowest BCUT2D eigenvalue weighted by Crippen LogP contribution is -2.00. The average Bonchev–Trinajstić information content (AvgIpc) is 3.68. The van der Waals surface area contributed by atoms with Crippen molar-refractivity contribution in [3.8, 4) is 67.5 Å². The summed E-state index contributed by atoms with van der Waals surface area (Å²) in [6.45, 7) is 0. The molecule has 0 aliphatic heterocycles. The second kappa shape index (κ2) is 13.6. The van der Waals surface area contributed by atoms with Gasteiger partial charge in [-0.15, -0.1) is 0 Å². The van der Waals surface area contributed by atoms with Crippen molar-refractivity contribution >= 4 is 43.5 Å². The fourth-order valence-electron chi connectivity index (χ4n) is 8.07. The quantitative estimate of drug-likeness (QED) is 0.171. The lowest BCUT2D eigenvalue weighted by Gasteiger charge is -2.12. The lowest BCUT2D eigenvalue weighted by atomic mass is 9.97. The molecule has 0 unspecified atom stereocenters. The fraction of sp³-hybridized carbons (Fsp3) is 0. The fourth-order valence-corrected chi connectivity index (χ4v) is 8.07. The summed E-state index contributed by atoms with van der Waals surface area (Å²) >= 11 is 0. The predicted octanol–water partition coefficient (Wildman–Crippen LogP) is 14.1. The number of para-hydroxylation sites is 1. The second-order valence-electron chi connectivity index (χ2n) is 14.4. The van der Waals surface area contributed by atoms with Crippen molar-refractivity contribution in [2.24, 2.45) is 0 Å². The maximum Gasteiger partial charge on any atom is 0.164 e. The molecule has 0 saturated carbocycles. The molecule has 4 heteroatoms. The molecule has 0 atom stereocenters. The molecule has 0 spiro atoms. The molecule has 0 bridgehead atoms. The summed E-state index contributed by atoms with van der Waals surface area (Å²) in [5.41, 5.74) is 11.2. The topological polar surface area (TPSA) is 51.8 Å². The highest BCUT2D eigenvalue weighted by Crippen LogP contribution is 2.42. The Bertz CT molecular complexity index is 3260. The zero-order chi connectivity index (χ0) is 37.7. The van der Waals surface area contributed by atoms with Crippen LogP contribution in [0.25, 0.3) is 111 Å². The van der Waals surface area contributed by atoms with Gasteiger partial charge in [0, 0.05) is 33.0 Å². The van der Waals surface area contributed by atoms with E-state index in [0.717, 1.165) is 77.0 Å². The summed E-state index contributed by atoms with van der Waals surface area (Å²) in [6.07, 6.45) is 0. The van der Waals surface area contributed by atoms with Gasteiger partial charge >= 0.3 is 0 Å². The third-order valence-corrected chi connectivity index (χ3v) is 10.9. The highest BCUT2D eigenvalue weighted by molar-refractivity contribution is 6.23. The van der Waals surface area contributed by atoms with Gasteiger partial charge in [-0.1, -0.05) is 188 Å². The number of aromatic nitrogens is 3. The maximum absolute atomic E-state index is 6.80. The first-order valence-electron chi connectivity index (χ1n) is 19.2. The van der Waals surface area contributed by atoms with Crippen molar-refractivity contribution in [3.63, 3.8) is 0 Å². The van der Waals surface area contributed by atoms with Crippen LogP contribution in [0.15, 0.2) is 205 Å². The largest absolute Gasteiger partial charge is 0.455 e. The Balaban J connectivity index is 1.07. The Morgan fingerprint density at radius 1 is 0.298 bits per heavy atom. The van der Waals surface area contributed by atoms with Crippen molar-refractivity contribution in [2.45, 2.75) is 0 Å². The Labute approximate surface area is 329 Å².